The maximum absolute atomic E-state index is 10.7. The number of nitrogens with zero attached hydrogens (tertiary/aromatic N) is 2. The van der Waals surface area contributed by atoms with Gasteiger partial charge in [-0.25, -0.2) is 4.79 Å². The summed E-state index contributed by atoms with van der Waals surface area (Å²) < 4.78 is 0. The Morgan fingerprint density at radius 1 is 1.16 bits per heavy atom. The molecule has 4 nitrogen and oxygen atoms in total. The largest absolute Gasteiger partial charge is 0.478 e. The number of rotatable bonds is 5. The summed E-state index contributed by atoms with van der Waals surface area (Å²) >= 11 is 0. The smallest absolute Gasteiger partial charge is 0.330 e. The van der Waals surface area contributed by atoms with E-state index in [0.29, 0.717) is 5.57 Å². The third-order valence-corrected chi connectivity index (χ3v) is 4.42. The van der Waals surface area contributed by atoms with Gasteiger partial charge >= 0.3 is 5.97 Å². The van der Waals surface area contributed by atoms with Gasteiger partial charge in [0.25, 0.3) is 0 Å². The van der Waals surface area contributed by atoms with Crippen molar-refractivity contribution in [3.05, 3.63) is 11.6 Å². The van der Waals surface area contributed by atoms with Gasteiger partial charge in [0.15, 0.2) is 0 Å². The summed E-state index contributed by atoms with van der Waals surface area (Å²) in [5.74, 6) is 0.0443. The van der Waals surface area contributed by atoms with Crippen LogP contribution in [0.3, 0.4) is 0 Å². The fourth-order valence-corrected chi connectivity index (χ4v) is 3.04. The van der Waals surface area contributed by atoms with Crippen molar-refractivity contribution in [2.24, 2.45) is 5.92 Å². The third-order valence-electron chi connectivity index (χ3n) is 4.42. The molecule has 0 saturated carbocycles. The molecule has 2 fully saturated rings. The van der Waals surface area contributed by atoms with E-state index in [1.165, 1.54) is 45.3 Å². The second-order valence-electron chi connectivity index (χ2n) is 5.94. The monoisotopic (exact) mass is 266 g/mol. The summed E-state index contributed by atoms with van der Waals surface area (Å²) in [5, 5.41) is 8.82. The standard InChI is InChI=1S/C15H26N2O2/c1-13(15(18)19)4-9-16-10-5-14(6-11-16)12-17-7-2-3-8-17/h4,14H,2-3,5-12H2,1H3,(H,18,19). The molecule has 2 heterocycles. The van der Waals surface area contributed by atoms with Gasteiger partial charge in [-0.15, -0.1) is 0 Å². The highest BCUT2D eigenvalue weighted by atomic mass is 16.4. The van der Waals surface area contributed by atoms with E-state index in [-0.39, 0.29) is 0 Å². The molecule has 0 atom stereocenters. The normalized spacial score (nSPS) is 23.9. The maximum Gasteiger partial charge on any atom is 0.330 e. The summed E-state index contributed by atoms with van der Waals surface area (Å²) in [6.07, 6.45) is 7.10. The Balaban J connectivity index is 1.67. The van der Waals surface area contributed by atoms with Gasteiger partial charge < -0.3 is 10.0 Å². The second-order valence-corrected chi connectivity index (χ2v) is 5.94. The van der Waals surface area contributed by atoms with Crippen LogP contribution >= 0.6 is 0 Å². The van der Waals surface area contributed by atoms with Gasteiger partial charge in [-0.1, -0.05) is 6.08 Å². The van der Waals surface area contributed by atoms with Crippen molar-refractivity contribution in [1.29, 1.82) is 0 Å². The highest BCUT2D eigenvalue weighted by Gasteiger charge is 2.22. The highest BCUT2D eigenvalue weighted by molar-refractivity contribution is 5.85. The SMILES string of the molecule is CC(=CCN1CCC(CN2CCCC2)CC1)C(=O)O. The third kappa shape index (κ3) is 4.62. The van der Waals surface area contributed by atoms with Crippen molar-refractivity contribution in [3.63, 3.8) is 0 Å². The Morgan fingerprint density at radius 2 is 1.79 bits per heavy atom. The van der Waals surface area contributed by atoms with Crippen molar-refractivity contribution in [1.82, 2.24) is 9.80 Å². The fourth-order valence-electron chi connectivity index (χ4n) is 3.04. The van der Waals surface area contributed by atoms with Crippen LogP contribution < -0.4 is 0 Å². The number of hydrogen-bond acceptors (Lipinski definition) is 3. The summed E-state index contributed by atoms with van der Waals surface area (Å²) in [4.78, 5) is 15.7. The molecule has 0 amide bonds. The van der Waals surface area contributed by atoms with Crippen molar-refractivity contribution in [2.75, 3.05) is 39.3 Å². The summed E-state index contributed by atoms with van der Waals surface area (Å²) in [5.41, 5.74) is 0.458. The van der Waals surface area contributed by atoms with Crippen LogP contribution in [-0.2, 0) is 4.79 Å². The summed E-state index contributed by atoms with van der Waals surface area (Å²) in [7, 11) is 0. The van der Waals surface area contributed by atoms with Crippen LogP contribution in [0.2, 0.25) is 0 Å². The molecule has 0 spiro atoms. The van der Waals surface area contributed by atoms with Crippen LogP contribution in [0.4, 0.5) is 0 Å². The van der Waals surface area contributed by atoms with E-state index in [0.717, 1.165) is 25.6 Å². The first kappa shape index (κ1) is 14.5. The molecule has 0 unspecified atom stereocenters. The van der Waals surface area contributed by atoms with E-state index < -0.39 is 5.97 Å². The first-order valence-electron chi connectivity index (χ1n) is 7.50. The molecule has 108 valence electrons. The Morgan fingerprint density at radius 3 is 2.37 bits per heavy atom. The van der Waals surface area contributed by atoms with Crippen LogP contribution in [-0.4, -0.2) is 60.1 Å². The number of aliphatic carboxylic acids is 1. The van der Waals surface area contributed by atoms with Crippen LogP contribution in [0, 0.1) is 5.92 Å². The molecule has 2 aliphatic rings. The Kier molecular flexibility index (Phi) is 5.40. The van der Waals surface area contributed by atoms with Crippen LogP contribution in [0.25, 0.3) is 0 Å². The molecule has 0 aliphatic carbocycles. The zero-order chi connectivity index (χ0) is 13.7. The van der Waals surface area contributed by atoms with E-state index in [1.807, 2.05) is 6.08 Å². The highest BCUT2D eigenvalue weighted by Crippen LogP contribution is 2.20. The molecule has 0 aromatic carbocycles. The van der Waals surface area contributed by atoms with E-state index in [2.05, 4.69) is 9.80 Å². The van der Waals surface area contributed by atoms with E-state index >= 15 is 0 Å². The van der Waals surface area contributed by atoms with Gasteiger partial charge in [0.2, 0.25) is 0 Å². The lowest BCUT2D eigenvalue weighted by atomic mass is 9.96. The van der Waals surface area contributed by atoms with Crippen molar-refractivity contribution >= 4 is 5.97 Å². The predicted molar refractivity (Wildman–Crippen MR) is 76.2 cm³/mol. The Labute approximate surface area is 116 Å². The predicted octanol–water partition coefficient (Wildman–Crippen LogP) is 1.83. The quantitative estimate of drug-likeness (QED) is 0.771. The summed E-state index contributed by atoms with van der Waals surface area (Å²) in [6.45, 7) is 8.54. The maximum atomic E-state index is 10.7. The van der Waals surface area contributed by atoms with Gasteiger partial charge in [-0.3, -0.25) is 4.90 Å². The Bertz CT molecular complexity index is 327. The van der Waals surface area contributed by atoms with Gasteiger partial charge in [0, 0.05) is 18.7 Å². The first-order chi connectivity index (χ1) is 9.15. The molecule has 2 aliphatic heterocycles. The lowest BCUT2D eigenvalue weighted by molar-refractivity contribution is -0.132. The van der Waals surface area contributed by atoms with Crippen LogP contribution in [0.1, 0.15) is 32.6 Å². The molecule has 0 radical (unpaired) electrons. The van der Waals surface area contributed by atoms with Gasteiger partial charge in [-0.2, -0.15) is 0 Å². The molecule has 2 rings (SSSR count). The van der Waals surface area contributed by atoms with Crippen molar-refractivity contribution in [3.8, 4) is 0 Å². The minimum Gasteiger partial charge on any atom is -0.478 e. The molecule has 2 saturated heterocycles. The number of hydrogen-bond donors (Lipinski definition) is 1. The fraction of sp³-hybridized carbons (Fsp3) is 0.800. The minimum atomic E-state index is -0.802. The lowest BCUT2D eigenvalue weighted by Gasteiger charge is -2.33. The number of carboxylic acid groups (broad SMARTS) is 1. The van der Waals surface area contributed by atoms with E-state index in [1.54, 1.807) is 6.92 Å². The molecule has 1 N–H and O–H groups in total. The molecule has 0 aromatic rings. The van der Waals surface area contributed by atoms with Crippen LogP contribution in [0.5, 0.6) is 0 Å². The zero-order valence-electron chi connectivity index (χ0n) is 12.0. The van der Waals surface area contributed by atoms with Crippen molar-refractivity contribution in [2.45, 2.75) is 32.6 Å². The van der Waals surface area contributed by atoms with E-state index in [9.17, 15) is 4.79 Å². The number of carbonyl (C=O) groups is 1. The molecular formula is C15H26N2O2. The molecule has 0 aromatic heterocycles. The number of likely N-dealkylation sites (tertiary alicyclic amines) is 2. The number of piperidine rings is 1. The van der Waals surface area contributed by atoms with Crippen LogP contribution in [0.15, 0.2) is 11.6 Å². The first-order valence-corrected chi connectivity index (χ1v) is 7.50. The topological polar surface area (TPSA) is 43.8 Å². The average molecular weight is 266 g/mol. The second kappa shape index (κ2) is 7.06. The van der Waals surface area contributed by atoms with Gasteiger partial charge in [0.1, 0.15) is 0 Å². The Hall–Kier alpha value is -0.870. The summed E-state index contributed by atoms with van der Waals surface area (Å²) in [6, 6.07) is 0. The number of carboxylic acids is 1. The zero-order valence-corrected chi connectivity index (χ0v) is 12.0. The molecule has 4 heteroatoms. The minimum absolute atomic E-state index is 0.458. The average Bonchev–Trinajstić information content (AvgIpc) is 2.90. The van der Waals surface area contributed by atoms with Gasteiger partial charge in [0.05, 0.1) is 0 Å². The lowest BCUT2D eigenvalue weighted by Crippen LogP contribution is -2.38. The molecule has 0 bridgehead atoms. The molecular weight excluding hydrogens is 240 g/mol. The van der Waals surface area contributed by atoms with E-state index in [4.69, 9.17) is 5.11 Å². The molecule has 19 heavy (non-hydrogen) atoms. The van der Waals surface area contributed by atoms with Gasteiger partial charge in [-0.05, 0) is 64.7 Å². The van der Waals surface area contributed by atoms with Crippen molar-refractivity contribution < 1.29 is 9.90 Å².